The summed E-state index contributed by atoms with van der Waals surface area (Å²) in [6.07, 6.45) is 5.96. The third kappa shape index (κ3) is 4.33. The minimum Gasteiger partial charge on any atom is -0.382 e. The van der Waals surface area contributed by atoms with E-state index in [0.29, 0.717) is 21.7 Å². The first-order valence-electron chi connectivity index (χ1n) is 7.81. The number of carbonyl (C=O) groups is 1. The average Bonchev–Trinajstić information content (AvgIpc) is 2.63. The standard InChI is InChI=1S/C15H26N4OS/c1-9(2)17-15-19-13(16)12(21-15)14(20)18-11-8-6-4-5-7-10(11)3/h9-11H,4-8,16H2,1-3H3,(H,17,19)(H,18,20). The number of anilines is 2. The van der Waals surface area contributed by atoms with Crippen LogP contribution in [0.5, 0.6) is 0 Å². The molecule has 1 saturated carbocycles. The zero-order chi connectivity index (χ0) is 15.4. The van der Waals surface area contributed by atoms with E-state index >= 15 is 0 Å². The summed E-state index contributed by atoms with van der Waals surface area (Å²) in [4.78, 5) is 17.2. The van der Waals surface area contributed by atoms with Crippen LogP contribution >= 0.6 is 11.3 Å². The number of amides is 1. The monoisotopic (exact) mass is 310 g/mol. The summed E-state index contributed by atoms with van der Waals surface area (Å²) in [5.41, 5.74) is 5.89. The first kappa shape index (κ1) is 16.1. The van der Waals surface area contributed by atoms with Gasteiger partial charge in [0.1, 0.15) is 10.7 Å². The lowest BCUT2D eigenvalue weighted by molar-refractivity contribution is 0.0926. The van der Waals surface area contributed by atoms with Crippen LogP contribution in [0.2, 0.25) is 0 Å². The molecule has 0 aliphatic heterocycles. The van der Waals surface area contributed by atoms with Crippen LogP contribution in [-0.2, 0) is 0 Å². The fourth-order valence-electron chi connectivity index (χ4n) is 2.74. The Hall–Kier alpha value is -1.30. The highest BCUT2D eigenvalue weighted by atomic mass is 32.1. The van der Waals surface area contributed by atoms with E-state index in [-0.39, 0.29) is 18.0 Å². The number of rotatable bonds is 4. The number of nitrogens with zero attached hydrogens (tertiary/aromatic N) is 1. The SMILES string of the molecule is CC(C)Nc1nc(N)c(C(=O)NC2CCCCCC2C)s1. The third-order valence-electron chi connectivity index (χ3n) is 3.95. The molecule has 2 atom stereocenters. The van der Waals surface area contributed by atoms with Gasteiger partial charge in [-0.1, -0.05) is 37.5 Å². The second-order valence-electron chi connectivity index (χ2n) is 6.23. The molecule has 1 aromatic heterocycles. The van der Waals surface area contributed by atoms with E-state index in [1.165, 1.54) is 37.0 Å². The van der Waals surface area contributed by atoms with Crippen LogP contribution in [0.15, 0.2) is 0 Å². The Balaban J connectivity index is 2.03. The van der Waals surface area contributed by atoms with Gasteiger partial charge in [0.2, 0.25) is 0 Å². The Labute approximate surface area is 130 Å². The predicted molar refractivity (Wildman–Crippen MR) is 88.8 cm³/mol. The number of nitrogens with two attached hydrogens (primary N) is 1. The maximum Gasteiger partial charge on any atom is 0.265 e. The van der Waals surface area contributed by atoms with Crippen molar-refractivity contribution in [1.29, 1.82) is 0 Å². The fraction of sp³-hybridized carbons (Fsp3) is 0.733. The summed E-state index contributed by atoms with van der Waals surface area (Å²) < 4.78 is 0. The number of carbonyl (C=O) groups excluding carboxylic acids is 1. The van der Waals surface area contributed by atoms with E-state index in [4.69, 9.17) is 5.73 Å². The number of aromatic nitrogens is 1. The molecule has 1 amide bonds. The molecule has 1 fully saturated rings. The summed E-state index contributed by atoms with van der Waals surface area (Å²) >= 11 is 1.33. The molecule has 1 aromatic rings. The molecule has 5 nitrogen and oxygen atoms in total. The zero-order valence-corrected chi connectivity index (χ0v) is 13.9. The van der Waals surface area contributed by atoms with Crippen molar-refractivity contribution >= 4 is 28.2 Å². The van der Waals surface area contributed by atoms with Gasteiger partial charge >= 0.3 is 0 Å². The smallest absolute Gasteiger partial charge is 0.265 e. The molecule has 0 aromatic carbocycles. The van der Waals surface area contributed by atoms with Crippen LogP contribution in [0, 0.1) is 5.92 Å². The van der Waals surface area contributed by atoms with E-state index < -0.39 is 0 Å². The van der Waals surface area contributed by atoms with Crippen molar-refractivity contribution in [2.75, 3.05) is 11.1 Å². The van der Waals surface area contributed by atoms with Gasteiger partial charge < -0.3 is 16.4 Å². The van der Waals surface area contributed by atoms with E-state index in [2.05, 4.69) is 22.5 Å². The summed E-state index contributed by atoms with van der Waals surface area (Å²) in [7, 11) is 0. The molecule has 4 N–H and O–H groups in total. The van der Waals surface area contributed by atoms with Crippen LogP contribution in [0.3, 0.4) is 0 Å². The van der Waals surface area contributed by atoms with Gasteiger partial charge in [0.15, 0.2) is 5.13 Å². The largest absolute Gasteiger partial charge is 0.382 e. The van der Waals surface area contributed by atoms with E-state index in [1.807, 2.05) is 13.8 Å². The number of hydrogen-bond acceptors (Lipinski definition) is 5. The van der Waals surface area contributed by atoms with Crippen molar-refractivity contribution in [3.05, 3.63) is 4.88 Å². The molecule has 0 radical (unpaired) electrons. The van der Waals surface area contributed by atoms with Gasteiger partial charge in [-0.2, -0.15) is 0 Å². The summed E-state index contributed by atoms with van der Waals surface area (Å²) in [6, 6.07) is 0.524. The van der Waals surface area contributed by atoms with E-state index in [9.17, 15) is 4.79 Å². The zero-order valence-electron chi connectivity index (χ0n) is 13.1. The Morgan fingerprint density at radius 2 is 2.05 bits per heavy atom. The minimum absolute atomic E-state index is 0.0828. The Morgan fingerprint density at radius 1 is 1.33 bits per heavy atom. The van der Waals surface area contributed by atoms with Gasteiger partial charge in [0.25, 0.3) is 5.91 Å². The van der Waals surface area contributed by atoms with Crippen molar-refractivity contribution in [2.24, 2.45) is 5.92 Å². The molecule has 21 heavy (non-hydrogen) atoms. The Bertz CT molecular complexity index is 486. The van der Waals surface area contributed by atoms with Crippen molar-refractivity contribution in [3.63, 3.8) is 0 Å². The molecule has 1 aliphatic carbocycles. The fourth-order valence-corrected chi connectivity index (χ4v) is 3.68. The number of nitrogens with one attached hydrogen (secondary N) is 2. The second-order valence-corrected chi connectivity index (χ2v) is 7.23. The molecule has 0 bridgehead atoms. The molecule has 6 heteroatoms. The van der Waals surface area contributed by atoms with Gasteiger partial charge in [0.05, 0.1) is 0 Å². The highest BCUT2D eigenvalue weighted by Crippen LogP contribution is 2.27. The molecule has 1 aliphatic rings. The number of hydrogen-bond donors (Lipinski definition) is 3. The topological polar surface area (TPSA) is 80.0 Å². The van der Waals surface area contributed by atoms with Crippen LogP contribution in [-0.4, -0.2) is 23.0 Å². The van der Waals surface area contributed by atoms with Crippen molar-refractivity contribution in [3.8, 4) is 0 Å². The van der Waals surface area contributed by atoms with E-state index in [0.717, 1.165) is 6.42 Å². The molecule has 1 heterocycles. The van der Waals surface area contributed by atoms with Crippen molar-refractivity contribution < 1.29 is 4.79 Å². The molecule has 118 valence electrons. The molecule has 0 spiro atoms. The lowest BCUT2D eigenvalue weighted by Gasteiger charge is -2.22. The van der Waals surface area contributed by atoms with Crippen LogP contribution in [0.25, 0.3) is 0 Å². The van der Waals surface area contributed by atoms with Crippen LogP contribution in [0.4, 0.5) is 10.9 Å². The van der Waals surface area contributed by atoms with E-state index in [1.54, 1.807) is 0 Å². The van der Waals surface area contributed by atoms with Crippen molar-refractivity contribution in [2.45, 2.75) is 65.0 Å². The first-order chi connectivity index (χ1) is 9.97. The highest BCUT2D eigenvalue weighted by Gasteiger charge is 2.24. The first-order valence-corrected chi connectivity index (χ1v) is 8.62. The van der Waals surface area contributed by atoms with Gasteiger partial charge in [-0.3, -0.25) is 4.79 Å². The van der Waals surface area contributed by atoms with Crippen LogP contribution in [0.1, 0.15) is 62.5 Å². The quantitative estimate of drug-likeness (QED) is 0.746. The molecule has 2 rings (SSSR count). The summed E-state index contributed by atoms with van der Waals surface area (Å²) in [6.45, 7) is 6.28. The number of thiazole rings is 1. The normalized spacial score (nSPS) is 22.9. The second kappa shape index (κ2) is 7.11. The van der Waals surface area contributed by atoms with Gasteiger partial charge in [-0.25, -0.2) is 4.98 Å². The number of nitrogen functional groups attached to an aromatic ring is 1. The average molecular weight is 310 g/mol. The molecule has 0 saturated heterocycles. The summed E-state index contributed by atoms with van der Waals surface area (Å²) in [5, 5.41) is 7.06. The van der Waals surface area contributed by atoms with Gasteiger partial charge in [-0.15, -0.1) is 0 Å². The Kier molecular flexibility index (Phi) is 5.45. The predicted octanol–water partition coefficient (Wildman–Crippen LogP) is 3.24. The van der Waals surface area contributed by atoms with Crippen molar-refractivity contribution in [1.82, 2.24) is 10.3 Å². The van der Waals surface area contributed by atoms with Gasteiger partial charge in [0, 0.05) is 12.1 Å². The van der Waals surface area contributed by atoms with Crippen LogP contribution < -0.4 is 16.4 Å². The maximum atomic E-state index is 12.4. The molecular formula is C15H26N4OS. The Morgan fingerprint density at radius 3 is 2.76 bits per heavy atom. The summed E-state index contributed by atoms with van der Waals surface area (Å²) in [5.74, 6) is 0.765. The molecule has 2 unspecified atom stereocenters. The minimum atomic E-state index is -0.0828. The third-order valence-corrected chi connectivity index (χ3v) is 4.95. The highest BCUT2D eigenvalue weighted by molar-refractivity contribution is 7.18. The lowest BCUT2D eigenvalue weighted by atomic mass is 9.97. The van der Waals surface area contributed by atoms with Gasteiger partial charge in [-0.05, 0) is 32.6 Å². The molecular weight excluding hydrogens is 284 g/mol. The lowest BCUT2D eigenvalue weighted by Crippen LogP contribution is -2.38. The maximum absolute atomic E-state index is 12.4.